The number of H-pyrrole nitrogens is 1. The summed E-state index contributed by atoms with van der Waals surface area (Å²) in [6, 6.07) is 6.77. The Morgan fingerprint density at radius 2 is 1.97 bits per heavy atom. The van der Waals surface area contributed by atoms with Gasteiger partial charge in [-0.3, -0.25) is 0 Å². The lowest BCUT2D eigenvalue weighted by atomic mass is 9.87. The molecule has 3 aliphatic rings. The molecule has 8 nitrogen and oxygen atoms in total. The second-order valence-electron chi connectivity index (χ2n) is 10.2. The molecule has 0 aliphatic carbocycles. The van der Waals surface area contributed by atoms with E-state index < -0.39 is 0 Å². The van der Waals surface area contributed by atoms with E-state index >= 15 is 0 Å². The maximum Gasteiger partial charge on any atom is 0.320 e. The smallest absolute Gasteiger partial charge is 0.320 e. The van der Waals surface area contributed by atoms with Gasteiger partial charge < -0.3 is 29.6 Å². The average Bonchev–Trinajstić information content (AvgIpc) is 3.27. The van der Waals surface area contributed by atoms with E-state index in [-0.39, 0.29) is 24.3 Å². The normalized spacial score (nSPS) is 24.7. The monoisotopic (exact) mass is 509 g/mol. The van der Waals surface area contributed by atoms with E-state index in [0.29, 0.717) is 44.4 Å². The van der Waals surface area contributed by atoms with E-state index in [1.165, 1.54) is 16.7 Å². The summed E-state index contributed by atoms with van der Waals surface area (Å²) in [7, 11) is 0. The number of nitrogens with zero attached hydrogens (tertiary/aromatic N) is 3. The van der Waals surface area contributed by atoms with Crippen LogP contribution in [0.2, 0.25) is 5.02 Å². The third-order valence-corrected chi connectivity index (χ3v) is 7.76. The van der Waals surface area contributed by atoms with Crippen LogP contribution >= 0.6 is 11.6 Å². The zero-order chi connectivity index (χ0) is 24.8. The van der Waals surface area contributed by atoms with Gasteiger partial charge in [-0.05, 0) is 54.7 Å². The van der Waals surface area contributed by atoms with Gasteiger partial charge in [-0.15, -0.1) is 0 Å². The Labute approximate surface area is 215 Å². The van der Waals surface area contributed by atoms with Crippen molar-refractivity contribution in [2.75, 3.05) is 39.4 Å². The van der Waals surface area contributed by atoms with E-state index in [4.69, 9.17) is 21.1 Å². The van der Waals surface area contributed by atoms with Crippen LogP contribution in [-0.2, 0) is 22.4 Å². The molecule has 0 saturated carbocycles. The average molecular weight is 510 g/mol. The number of carbonyl (C=O) groups is 1. The number of hydrogen-bond acceptors (Lipinski definition) is 5. The summed E-state index contributed by atoms with van der Waals surface area (Å²) in [6.45, 7) is 8.76. The van der Waals surface area contributed by atoms with Gasteiger partial charge in [-0.2, -0.15) is 0 Å². The first-order chi connectivity index (χ1) is 17.5. The molecule has 1 unspecified atom stereocenters. The third-order valence-electron chi connectivity index (χ3n) is 7.45. The van der Waals surface area contributed by atoms with Crippen molar-refractivity contribution >= 4 is 28.7 Å². The fraction of sp³-hybridized carbons (Fsp3) is 0.481. The Morgan fingerprint density at radius 1 is 1.14 bits per heavy atom. The zero-order valence-corrected chi connectivity index (χ0v) is 21.5. The maximum absolute atomic E-state index is 13.5. The number of nitrogens with one attached hydrogen (secondary N) is 2. The minimum atomic E-state index is 0.0518. The summed E-state index contributed by atoms with van der Waals surface area (Å²) in [6.07, 6.45) is 4.58. The van der Waals surface area contributed by atoms with Gasteiger partial charge in [0.25, 0.3) is 0 Å². The van der Waals surface area contributed by atoms with Crippen molar-refractivity contribution in [1.29, 1.82) is 0 Å². The number of fused-ring (bicyclic) bond motifs is 2. The summed E-state index contributed by atoms with van der Waals surface area (Å²) in [5, 5.41) is 5.20. The van der Waals surface area contributed by atoms with E-state index in [0.717, 1.165) is 35.1 Å². The SMILES string of the molecule is C[C@@H]1CN(C(=O)N2CCc3cc(-c4cnc5[nH]cc(Cl)c5c4)cc(C4COCCN4)c3C2)C[C@@H](C)O1. The standard InChI is InChI=1S/C27H32ClN5O3/c1-16-12-33(13-17(2)36-16)27(34)32-5-3-18-7-19(20-9-22-24(28)11-31-26(22)30-10-20)8-21(23(18)14-32)25-15-35-6-4-29-25/h7-11,16-17,25,29H,3-6,12-15H2,1-2H3,(H,30,31)/t16-,17-,25?/m1/s1. The molecule has 9 heteroatoms. The summed E-state index contributed by atoms with van der Waals surface area (Å²) >= 11 is 6.38. The van der Waals surface area contributed by atoms with Gasteiger partial charge in [0.2, 0.25) is 0 Å². The predicted molar refractivity (Wildman–Crippen MR) is 139 cm³/mol. The van der Waals surface area contributed by atoms with Gasteiger partial charge in [0.1, 0.15) is 5.65 Å². The van der Waals surface area contributed by atoms with Crippen molar-refractivity contribution in [1.82, 2.24) is 25.1 Å². The Morgan fingerprint density at radius 3 is 2.75 bits per heavy atom. The fourth-order valence-corrected chi connectivity index (χ4v) is 5.97. The largest absolute Gasteiger partial charge is 0.378 e. The highest BCUT2D eigenvalue weighted by Gasteiger charge is 2.32. The second kappa shape index (κ2) is 9.67. The summed E-state index contributed by atoms with van der Waals surface area (Å²) in [5.41, 5.74) is 6.62. The number of halogens is 1. The van der Waals surface area contributed by atoms with Crippen LogP contribution in [0.1, 0.15) is 36.6 Å². The van der Waals surface area contributed by atoms with E-state index in [9.17, 15) is 4.79 Å². The van der Waals surface area contributed by atoms with Crippen LogP contribution in [-0.4, -0.2) is 77.4 Å². The molecule has 2 amide bonds. The molecule has 2 N–H and O–H groups in total. The minimum Gasteiger partial charge on any atom is -0.378 e. The van der Waals surface area contributed by atoms with Crippen molar-refractivity contribution in [2.24, 2.45) is 0 Å². The first-order valence-corrected chi connectivity index (χ1v) is 13.1. The van der Waals surface area contributed by atoms with E-state index in [2.05, 4.69) is 33.5 Å². The first-order valence-electron chi connectivity index (χ1n) is 12.8. The van der Waals surface area contributed by atoms with Gasteiger partial charge in [-0.25, -0.2) is 9.78 Å². The molecule has 5 heterocycles. The fourth-order valence-electron chi connectivity index (χ4n) is 5.77. The molecular weight excluding hydrogens is 478 g/mol. The second-order valence-corrected chi connectivity index (χ2v) is 10.6. The molecule has 2 saturated heterocycles. The minimum absolute atomic E-state index is 0.0518. The molecule has 3 aliphatic heterocycles. The number of aromatic nitrogens is 2. The first kappa shape index (κ1) is 23.7. The molecule has 0 bridgehead atoms. The molecule has 6 rings (SSSR count). The number of benzene rings is 1. The molecule has 0 radical (unpaired) electrons. The summed E-state index contributed by atoms with van der Waals surface area (Å²) < 4.78 is 11.7. The van der Waals surface area contributed by atoms with Crippen molar-refractivity contribution < 1.29 is 14.3 Å². The topological polar surface area (TPSA) is 82.7 Å². The highest BCUT2D eigenvalue weighted by Crippen LogP contribution is 2.35. The number of carbonyl (C=O) groups excluding carboxylic acids is 1. The van der Waals surface area contributed by atoms with Gasteiger partial charge in [0.15, 0.2) is 0 Å². The van der Waals surface area contributed by atoms with Crippen molar-refractivity contribution in [3.8, 4) is 11.1 Å². The van der Waals surface area contributed by atoms with Crippen LogP contribution in [0.25, 0.3) is 22.2 Å². The predicted octanol–water partition coefficient (Wildman–Crippen LogP) is 4.13. The number of rotatable bonds is 2. The zero-order valence-electron chi connectivity index (χ0n) is 20.7. The lowest BCUT2D eigenvalue weighted by Gasteiger charge is -2.40. The molecule has 2 aromatic heterocycles. The number of pyridine rings is 1. The number of aromatic amines is 1. The van der Waals surface area contributed by atoms with Crippen LogP contribution in [0.5, 0.6) is 0 Å². The van der Waals surface area contributed by atoms with Gasteiger partial charge in [0, 0.05) is 56.1 Å². The molecule has 2 fully saturated rings. The molecule has 1 aromatic carbocycles. The Bertz CT molecular complexity index is 1280. The number of hydrogen-bond donors (Lipinski definition) is 2. The maximum atomic E-state index is 13.5. The lowest BCUT2D eigenvalue weighted by molar-refractivity contribution is -0.0585. The lowest BCUT2D eigenvalue weighted by Crippen LogP contribution is -2.53. The Hall–Kier alpha value is -2.65. The molecule has 190 valence electrons. The highest BCUT2D eigenvalue weighted by molar-refractivity contribution is 6.35. The van der Waals surface area contributed by atoms with Crippen LogP contribution in [0.4, 0.5) is 4.79 Å². The number of ether oxygens (including phenoxy) is 2. The van der Waals surface area contributed by atoms with Gasteiger partial charge in [-0.1, -0.05) is 17.7 Å². The highest BCUT2D eigenvalue weighted by atomic mass is 35.5. The quantitative estimate of drug-likeness (QED) is 0.542. The van der Waals surface area contributed by atoms with Crippen molar-refractivity contribution in [3.63, 3.8) is 0 Å². The summed E-state index contributed by atoms with van der Waals surface area (Å²) in [5.74, 6) is 0. The van der Waals surface area contributed by atoms with Crippen LogP contribution in [0.3, 0.4) is 0 Å². The van der Waals surface area contributed by atoms with E-state index in [1.54, 1.807) is 6.20 Å². The molecule has 3 aromatic rings. The number of urea groups is 1. The van der Waals surface area contributed by atoms with Gasteiger partial charge >= 0.3 is 6.03 Å². The Balaban J connectivity index is 1.35. The van der Waals surface area contributed by atoms with Crippen LogP contribution < -0.4 is 5.32 Å². The summed E-state index contributed by atoms with van der Waals surface area (Å²) in [4.78, 5) is 25.1. The van der Waals surface area contributed by atoms with E-state index in [1.807, 2.05) is 29.8 Å². The molecule has 3 atom stereocenters. The number of amides is 2. The van der Waals surface area contributed by atoms with Crippen molar-refractivity contribution in [3.05, 3.63) is 52.3 Å². The van der Waals surface area contributed by atoms with Crippen molar-refractivity contribution in [2.45, 2.75) is 45.1 Å². The molecule has 0 spiro atoms. The number of morpholine rings is 2. The molecule has 36 heavy (non-hydrogen) atoms. The third kappa shape index (κ3) is 4.47. The van der Waals surface area contributed by atoms with Crippen LogP contribution in [0, 0.1) is 0 Å². The Kier molecular flexibility index (Phi) is 6.37. The van der Waals surface area contributed by atoms with Crippen LogP contribution in [0.15, 0.2) is 30.6 Å². The molecular formula is C27H32ClN5O3. The van der Waals surface area contributed by atoms with Gasteiger partial charge in [0.05, 0.1) is 36.5 Å².